The molecule has 1 amide bonds. The van der Waals surface area contributed by atoms with Gasteiger partial charge in [0, 0.05) is 52.9 Å². The summed E-state index contributed by atoms with van der Waals surface area (Å²) in [5.74, 6) is 1.01. The number of nitrogens with zero attached hydrogens (tertiary/aromatic N) is 4. The van der Waals surface area contributed by atoms with Gasteiger partial charge in [-0.25, -0.2) is 0 Å². The van der Waals surface area contributed by atoms with Crippen molar-refractivity contribution in [1.82, 2.24) is 20.0 Å². The lowest BCUT2D eigenvalue weighted by atomic mass is 10.1. The number of amides is 1. The zero-order chi connectivity index (χ0) is 20.1. The van der Waals surface area contributed by atoms with E-state index in [9.17, 15) is 18.0 Å². The van der Waals surface area contributed by atoms with Crippen LogP contribution in [0, 0.1) is 5.92 Å². The first-order valence-electron chi connectivity index (χ1n) is 10.0. The molecule has 3 aliphatic heterocycles. The monoisotopic (exact) mass is 533 g/mol. The summed E-state index contributed by atoms with van der Waals surface area (Å²) >= 11 is 0. The number of rotatable bonds is 4. The van der Waals surface area contributed by atoms with Crippen LogP contribution in [0.4, 0.5) is 13.2 Å². The Bertz CT molecular complexity index is 564. The third-order valence-electron chi connectivity index (χ3n) is 5.63. The number of carbonyl (C=O) groups excluding carboxylic acids is 1. The van der Waals surface area contributed by atoms with E-state index in [-0.39, 0.29) is 41.9 Å². The molecule has 0 aromatic carbocycles. The Balaban J connectivity index is 0.00000300. The fraction of sp³-hybridized carbons (Fsp3) is 0.889. The maximum atomic E-state index is 12.5. The van der Waals surface area contributed by atoms with Crippen molar-refractivity contribution in [2.75, 3.05) is 66.0 Å². The molecule has 7 nitrogen and oxygen atoms in total. The highest BCUT2D eigenvalue weighted by Gasteiger charge is 2.35. The Morgan fingerprint density at radius 1 is 1.14 bits per heavy atom. The van der Waals surface area contributed by atoms with Crippen molar-refractivity contribution in [3.8, 4) is 0 Å². The minimum atomic E-state index is -4.14. The lowest BCUT2D eigenvalue weighted by Crippen LogP contribution is -2.55. The molecule has 3 heterocycles. The Morgan fingerprint density at radius 2 is 1.83 bits per heavy atom. The largest absolute Gasteiger partial charge is 0.401 e. The van der Waals surface area contributed by atoms with Crippen LogP contribution in [0.25, 0.3) is 0 Å². The van der Waals surface area contributed by atoms with Crippen LogP contribution in [0.2, 0.25) is 0 Å². The smallest absolute Gasteiger partial charge is 0.368 e. The molecule has 1 N–H and O–H groups in total. The number of halogens is 4. The second kappa shape index (κ2) is 11.0. The van der Waals surface area contributed by atoms with E-state index in [1.54, 1.807) is 7.05 Å². The minimum Gasteiger partial charge on any atom is -0.368 e. The SMILES string of the molecule is CN=C(NCC1CCN(CC(F)(F)F)C1)N1CCN(C(=O)C2CCCO2)CC1.I. The van der Waals surface area contributed by atoms with Gasteiger partial charge < -0.3 is 19.9 Å². The molecule has 3 aliphatic rings. The van der Waals surface area contributed by atoms with E-state index in [4.69, 9.17) is 4.74 Å². The maximum absolute atomic E-state index is 12.5. The molecule has 2 atom stereocenters. The Kier molecular flexibility index (Phi) is 9.26. The molecular weight excluding hydrogens is 502 g/mol. The van der Waals surface area contributed by atoms with E-state index in [1.807, 2.05) is 4.90 Å². The number of piperazine rings is 1. The van der Waals surface area contributed by atoms with E-state index in [2.05, 4.69) is 15.2 Å². The second-order valence-electron chi connectivity index (χ2n) is 7.75. The number of alkyl halides is 3. The first kappa shape index (κ1) is 24.4. The second-order valence-corrected chi connectivity index (χ2v) is 7.75. The van der Waals surface area contributed by atoms with Crippen LogP contribution in [0.1, 0.15) is 19.3 Å². The molecule has 29 heavy (non-hydrogen) atoms. The van der Waals surface area contributed by atoms with Crippen LogP contribution in [-0.4, -0.2) is 105 Å². The van der Waals surface area contributed by atoms with E-state index in [0.29, 0.717) is 52.4 Å². The van der Waals surface area contributed by atoms with E-state index >= 15 is 0 Å². The lowest BCUT2D eigenvalue weighted by molar-refractivity contribution is -0.144. The third kappa shape index (κ3) is 7.12. The van der Waals surface area contributed by atoms with Crippen LogP contribution in [0.15, 0.2) is 4.99 Å². The molecule has 0 radical (unpaired) electrons. The summed E-state index contributed by atoms with van der Waals surface area (Å²) in [5.41, 5.74) is 0. The number of guanidine groups is 1. The number of carbonyl (C=O) groups is 1. The summed E-state index contributed by atoms with van der Waals surface area (Å²) in [6.07, 6.45) is -1.93. The number of ether oxygens (including phenoxy) is 1. The zero-order valence-corrected chi connectivity index (χ0v) is 19.1. The number of aliphatic imine (C=N–C) groups is 1. The van der Waals surface area contributed by atoms with Crippen LogP contribution in [0.5, 0.6) is 0 Å². The highest BCUT2D eigenvalue weighted by molar-refractivity contribution is 14.0. The molecule has 3 fully saturated rings. The molecule has 2 unspecified atom stereocenters. The van der Waals surface area contributed by atoms with Gasteiger partial charge in [0.25, 0.3) is 5.91 Å². The number of likely N-dealkylation sites (tertiary alicyclic amines) is 1. The highest BCUT2D eigenvalue weighted by Crippen LogP contribution is 2.22. The van der Waals surface area contributed by atoms with Crippen molar-refractivity contribution in [1.29, 1.82) is 0 Å². The summed E-state index contributed by atoms with van der Waals surface area (Å²) in [5, 5.41) is 3.30. The van der Waals surface area contributed by atoms with Gasteiger partial charge in [0.1, 0.15) is 6.10 Å². The average Bonchev–Trinajstić information content (AvgIpc) is 3.33. The van der Waals surface area contributed by atoms with Gasteiger partial charge in [0.15, 0.2) is 5.96 Å². The quantitative estimate of drug-likeness (QED) is 0.337. The van der Waals surface area contributed by atoms with Gasteiger partial charge in [-0.2, -0.15) is 13.2 Å². The number of nitrogens with one attached hydrogen (secondary N) is 1. The van der Waals surface area contributed by atoms with Gasteiger partial charge in [0.2, 0.25) is 0 Å². The van der Waals surface area contributed by atoms with Crippen LogP contribution >= 0.6 is 24.0 Å². The average molecular weight is 533 g/mol. The normalized spacial score (nSPS) is 26.6. The van der Waals surface area contributed by atoms with Gasteiger partial charge in [0.05, 0.1) is 6.54 Å². The van der Waals surface area contributed by atoms with Crippen molar-refractivity contribution in [2.24, 2.45) is 10.9 Å². The summed E-state index contributed by atoms with van der Waals surface area (Å²) in [6, 6.07) is 0. The van der Waals surface area contributed by atoms with Crippen molar-refractivity contribution in [3.63, 3.8) is 0 Å². The van der Waals surface area contributed by atoms with E-state index < -0.39 is 12.7 Å². The topological polar surface area (TPSA) is 60.4 Å². The van der Waals surface area contributed by atoms with Crippen molar-refractivity contribution in [3.05, 3.63) is 0 Å². The third-order valence-corrected chi connectivity index (χ3v) is 5.63. The molecule has 3 rings (SSSR count). The van der Waals surface area contributed by atoms with E-state index in [0.717, 1.165) is 25.2 Å². The summed E-state index contributed by atoms with van der Waals surface area (Å²) in [4.78, 5) is 22.2. The molecule has 11 heteroatoms. The van der Waals surface area contributed by atoms with Gasteiger partial charge in [-0.05, 0) is 31.7 Å². The van der Waals surface area contributed by atoms with Gasteiger partial charge in [-0.15, -0.1) is 24.0 Å². The first-order chi connectivity index (χ1) is 13.4. The van der Waals surface area contributed by atoms with Crippen LogP contribution in [-0.2, 0) is 9.53 Å². The van der Waals surface area contributed by atoms with Crippen LogP contribution < -0.4 is 5.32 Å². The molecule has 0 bridgehead atoms. The summed E-state index contributed by atoms with van der Waals surface area (Å²) < 4.78 is 43.0. The van der Waals surface area contributed by atoms with Gasteiger partial charge >= 0.3 is 6.18 Å². The molecular formula is C18H31F3IN5O2. The molecule has 0 spiro atoms. The Labute approximate surface area is 187 Å². The fourth-order valence-electron chi connectivity index (χ4n) is 4.16. The van der Waals surface area contributed by atoms with Crippen molar-refractivity contribution in [2.45, 2.75) is 31.5 Å². The molecule has 168 valence electrons. The Hall–Kier alpha value is -0.820. The van der Waals surface area contributed by atoms with E-state index in [1.165, 1.54) is 4.90 Å². The molecule has 0 aliphatic carbocycles. The maximum Gasteiger partial charge on any atom is 0.401 e. The van der Waals surface area contributed by atoms with Crippen molar-refractivity contribution >= 4 is 35.8 Å². The lowest BCUT2D eigenvalue weighted by Gasteiger charge is -2.37. The summed E-state index contributed by atoms with van der Waals surface area (Å²) in [6.45, 7) is 3.99. The predicted octanol–water partition coefficient (Wildman–Crippen LogP) is 1.39. The molecule has 0 aromatic rings. The minimum absolute atomic E-state index is 0. The molecule has 3 saturated heterocycles. The standard InChI is InChI=1S/C18H30F3N5O2.HI/c1-22-17(23-11-14-4-5-24(12-14)13-18(19,20)21)26-8-6-25(7-9-26)16(27)15-3-2-10-28-15;/h14-15H,2-13H2,1H3,(H,22,23);1H. The number of hydrogen-bond donors (Lipinski definition) is 1. The van der Waals surface area contributed by atoms with Gasteiger partial charge in [-0.1, -0.05) is 0 Å². The molecule has 0 saturated carbocycles. The molecule has 0 aromatic heterocycles. The number of hydrogen-bond acceptors (Lipinski definition) is 4. The highest BCUT2D eigenvalue weighted by atomic mass is 127. The predicted molar refractivity (Wildman–Crippen MR) is 115 cm³/mol. The van der Waals surface area contributed by atoms with Crippen molar-refractivity contribution < 1.29 is 22.7 Å². The summed E-state index contributed by atoms with van der Waals surface area (Å²) in [7, 11) is 1.71. The van der Waals surface area contributed by atoms with Crippen LogP contribution in [0.3, 0.4) is 0 Å². The zero-order valence-electron chi connectivity index (χ0n) is 16.8. The fourth-order valence-corrected chi connectivity index (χ4v) is 4.16. The first-order valence-corrected chi connectivity index (χ1v) is 10.0. The van der Waals surface area contributed by atoms with Gasteiger partial charge in [-0.3, -0.25) is 14.7 Å². The Morgan fingerprint density at radius 3 is 2.41 bits per heavy atom.